The molecule has 388 valence electrons. The van der Waals surface area contributed by atoms with E-state index in [1.54, 1.807) is 0 Å². The summed E-state index contributed by atoms with van der Waals surface area (Å²) in [5, 5.41) is 2.42. The molecule has 0 aliphatic rings. The number of hydrogen-bond acceptors (Lipinski definition) is 2. The minimum absolute atomic E-state index is 1.06. The number of aromatic nitrogens is 2. The quantitative estimate of drug-likeness (QED) is 0.101. The molecule has 12 aromatic carbocycles. The lowest BCUT2D eigenvalue weighted by Gasteiger charge is -2.27. The van der Waals surface area contributed by atoms with Crippen LogP contribution < -0.4 is 9.80 Å². The molecule has 0 bridgehead atoms. The van der Waals surface area contributed by atoms with E-state index in [1.807, 2.05) is 0 Å². The molecule has 2 aromatic heterocycles. The van der Waals surface area contributed by atoms with Crippen molar-refractivity contribution < 1.29 is 0 Å². The second kappa shape index (κ2) is 22.1. The molecule has 0 radical (unpaired) electrons. The van der Waals surface area contributed by atoms with Crippen LogP contribution in [-0.4, -0.2) is 9.13 Å². The molecular weight excluding hydrogens is 993 g/mol. The first kappa shape index (κ1) is 49.4. The summed E-state index contributed by atoms with van der Waals surface area (Å²) in [6, 6.07) is 122. The van der Waals surface area contributed by atoms with E-state index < -0.39 is 0 Å². The summed E-state index contributed by atoms with van der Waals surface area (Å²) in [5.74, 6) is 0. The minimum atomic E-state index is 1.06. The third kappa shape index (κ3) is 9.55. The van der Waals surface area contributed by atoms with Gasteiger partial charge < -0.3 is 18.9 Å². The zero-order valence-corrected chi connectivity index (χ0v) is 45.1. The molecule has 0 fully saturated rings. The maximum atomic E-state index is 2.37. The van der Waals surface area contributed by atoms with Crippen molar-refractivity contribution in [1.29, 1.82) is 0 Å². The largest absolute Gasteiger partial charge is 0.311 e. The van der Waals surface area contributed by atoms with Crippen LogP contribution in [0.3, 0.4) is 0 Å². The third-order valence-electron chi connectivity index (χ3n) is 15.5. The molecular formula is C78H56N4. The summed E-state index contributed by atoms with van der Waals surface area (Å²) in [6.07, 6.45) is 0. The highest BCUT2D eigenvalue weighted by Gasteiger charge is 2.21. The van der Waals surface area contributed by atoms with Crippen molar-refractivity contribution in [2.75, 3.05) is 9.80 Å². The van der Waals surface area contributed by atoms with E-state index in [0.717, 1.165) is 90.3 Å². The number of hydrogen-bond donors (Lipinski definition) is 0. The van der Waals surface area contributed by atoms with Crippen LogP contribution in [0, 0.1) is 0 Å². The molecule has 0 saturated heterocycles. The molecule has 14 rings (SSSR count). The Morgan fingerprint density at radius 3 is 0.817 bits per heavy atom. The summed E-state index contributed by atoms with van der Waals surface area (Å²) >= 11 is 0. The van der Waals surface area contributed by atoms with E-state index in [9.17, 15) is 0 Å². The molecule has 4 heteroatoms. The Hall–Kier alpha value is -10.9. The number of fused-ring (bicyclic) bond motifs is 2. The Morgan fingerprint density at radius 1 is 0.220 bits per heavy atom. The van der Waals surface area contributed by atoms with E-state index in [2.05, 4.69) is 359 Å². The molecule has 4 nitrogen and oxygen atoms in total. The van der Waals surface area contributed by atoms with Crippen LogP contribution in [0.4, 0.5) is 34.1 Å². The minimum Gasteiger partial charge on any atom is -0.311 e. The zero-order valence-electron chi connectivity index (χ0n) is 45.1. The average Bonchev–Trinajstić information content (AvgIpc) is 4.25. The zero-order chi connectivity index (χ0) is 54.6. The summed E-state index contributed by atoms with van der Waals surface area (Å²) in [6.45, 7) is 0. The van der Waals surface area contributed by atoms with Crippen molar-refractivity contribution in [2.24, 2.45) is 0 Å². The van der Waals surface area contributed by atoms with Crippen LogP contribution >= 0.6 is 0 Å². The summed E-state index contributed by atoms with van der Waals surface area (Å²) in [4.78, 5) is 4.69. The van der Waals surface area contributed by atoms with Gasteiger partial charge in [-0.1, -0.05) is 218 Å². The Morgan fingerprint density at radius 2 is 0.476 bits per heavy atom. The second-order valence-corrected chi connectivity index (χ2v) is 20.5. The molecule has 14 aromatic rings. The third-order valence-corrected chi connectivity index (χ3v) is 15.5. The van der Waals surface area contributed by atoms with E-state index in [1.165, 1.54) is 32.9 Å². The van der Waals surface area contributed by atoms with Gasteiger partial charge in [-0.3, -0.25) is 0 Å². The van der Waals surface area contributed by atoms with Gasteiger partial charge in [0.2, 0.25) is 0 Å². The monoisotopic (exact) mass is 1050 g/mol. The topological polar surface area (TPSA) is 16.3 Å². The smallest absolute Gasteiger partial charge is 0.0540 e. The lowest BCUT2D eigenvalue weighted by atomic mass is 9.85. The first-order chi connectivity index (χ1) is 40.7. The molecule has 82 heavy (non-hydrogen) atoms. The second-order valence-electron chi connectivity index (χ2n) is 20.5. The van der Waals surface area contributed by atoms with Gasteiger partial charge in [0.15, 0.2) is 0 Å². The number of nitrogens with zero attached hydrogens (tertiary/aromatic N) is 4. The average molecular weight is 1050 g/mol. The molecule has 0 amide bonds. The van der Waals surface area contributed by atoms with E-state index in [0.29, 0.717) is 0 Å². The molecule has 0 saturated carbocycles. The van der Waals surface area contributed by atoms with Crippen LogP contribution in [0.15, 0.2) is 340 Å². The maximum absolute atomic E-state index is 2.37. The molecule has 0 N–H and O–H groups in total. The van der Waals surface area contributed by atoms with Gasteiger partial charge in [0, 0.05) is 56.3 Å². The van der Waals surface area contributed by atoms with Gasteiger partial charge in [0.1, 0.15) is 0 Å². The molecule has 0 aliphatic carbocycles. The van der Waals surface area contributed by atoms with Crippen molar-refractivity contribution in [2.45, 2.75) is 0 Å². The summed E-state index contributed by atoms with van der Waals surface area (Å²) in [7, 11) is 0. The molecule has 0 spiro atoms. The van der Waals surface area contributed by atoms with E-state index in [4.69, 9.17) is 0 Å². The van der Waals surface area contributed by atoms with Crippen LogP contribution in [0.5, 0.6) is 0 Å². The lowest BCUT2D eigenvalue weighted by Crippen LogP contribution is -2.10. The van der Waals surface area contributed by atoms with Crippen molar-refractivity contribution in [3.05, 3.63) is 362 Å². The summed E-state index contributed by atoms with van der Waals surface area (Å²) < 4.78 is 4.74. The van der Waals surface area contributed by atoms with Crippen molar-refractivity contribution >= 4 is 67.1 Å². The fourth-order valence-electron chi connectivity index (χ4n) is 11.7. The van der Waals surface area contributed by atoms with Gasteiger partial charge >= 0.3 is 0 Å². The molecule has 0 atom stereocenters. The molecule has 0 unspecified atom stereocenters. The highest BCUT2D eigenvalue weighted by molar-refractivity contribution is 6.05. The number of rotatable bonds is 14. The predicted molar refractivity (Wildman–Crippen MR) is 345 cm³/mol. The predicted octanol–water partition coefficient (Wildman–Crippen LogP) is 20.9. The Kier molecular flexibility index (Phi) is 13.3. The first-order valence-electron chi connectivity index (χ1n) is 28.0. The van der Waals surface area contributed by atoms with Gasteiger partial charge in [-0.15, -0.1) is 0 Å². The van der Waals surface area contributed by atoms with Gasteiger partial charge in [0.05, 0.1) is 22.4 Å². The van der Waals surface area contributed by atoms with E-state index >= 15 is 0 Å². The molecule has 2 heterocycles. The van der Waals surface area contributed by atoms with Crippen LogP contribution in [0.25, 0.3) is 66.8 Å². The maximum Gasteiger partial charge on any atom is 0.0540 e. The highest BCUT2D eigenvalue weighted by Crippen LogP contribution is 2.43. The fourth-order valence-corrected chi connectivity index (χ4v) is 11.7. The number of anilines is 6. The van der Waals surface area contributed by atoms with E-state index in [-0.39, 0.29) is 0 Å². The fraction of sp³-hybridized carbons (Fsp3) is 0. The van der Waals surface area contributed by atoms with Crippen molar-refractivity contribution in [3.63, 3.8) is 0 Å². The highest BCUT2D eigenvalue weighted by atomic mass is 15.1. The number of benzene rings is 12. The van der Waals surface area contributed by atoms with Gasteiger partial charge in [-0.05, 0) is 166 Å². The molecule has 0 aliphatic heterocycles. The Bertz CT molecular complexity index is 4180. The standard InChI is InChI=1S/C78H56N4/c1-7-23-57(24-8-1)75-55-63-31-19-21-37-73(63)81(75)71-51-47-69(48-52-71)79(65-33-15-5-16-34-65)67-43-39-61(40-44-67)77(59-27-11-3-12-28-59)78(60-29-13-4-14-30-60)62-41-45-68(46-42-62)80(66-35-17-6-18-36-66)70-49-53-72(54-50-70)82-74-38-22-20-32-64(74)56-76(82)58-25-9-2-10-26-58/h1-56H/b78-77+. The van der Waals surface area contributed by atoms with Crippen LogP contribution in [0.1, 0.15) is 22.3 Å². The Balaban J connectivity index is 0.846. The van der Waals surface area contributed by atoms with Gasteiger partial charge in [0.25, 0.3) is 0 Å². The SMILES string of the molecule is c1ccc(/C(=C(/c2ccccc2)c2ccc(N(c3ccccc3)c3ccc(-n4c(-c5ccccc5)cc5ccccc54)cc3)cc2)c2ccc(N(c3ccccc3)c3ccc(-n4c(-c5ccccc5)cc5ccccc54)cc3)cc2)cc1. The van der Waals surface area contributed by atoms with Crippen molar-refractivity contribution in [3.8, 4) is 33.9 Å². The summed E-state index contributed by atoms with van der Waals surface area (Å²) in [5.41, 5.74) is 22.5. The van der Waals surface area contributed by atoms with Crippen molar-refractivity contribution in [1.82, 2.24) is 9.13 Å². The Labute approximate surface area is 479 Å². The number of para-hydroxylation sites is 4. The van der Waals surface area contributed by atoms with Gasteiger partial charge in [-0.25, -0.2) is 0 Å². The van der Waals surface area contributed by atoms with Crippen LogP contribution in [0.2, 0.25) is 0 Å². The first-order valence-corrected chi connectivity index (χ1v) is 28.0. The van der Waals surface area contributed by atoms with Crippen LogP contribution in [-0.2, 0) is 0 Å². The van der Waals surface area contributed by atoms with Gasteiger partial charge in [-0.2, -0.15) is 0 Å². The normalized spacial score (nSPS) is 11.6. The lowest BCUT2D eigenvalue weighted by molar-refractivity contribution is 1.13.